The summed E-state index contributed by atoms with van der Waals surface area (Å²) in [4.78, 5) is 28.6. The molecule has 2 aliphatic heterocycles. The minimum atomic E-state index is -2.85. The highest BCUT2D eigenvalue weighted by Crippen LogP contribution is 2.25. The van der Waals surface area contributed by atoms with Crippen molar-refractivity contribution in [2.75, 3.05) is 45.1 Å². The Balaban J connectivity index is 1.56. The fraction of sp³-hybridized carbons (Fsp3) is 0.556. The maximum absolute atomic E-state index is 13.2. The predicted molar refractivity (Wildman–Crippen MR) is 94.2 cm³/mol. The van der Waals surface area contributed by atoms with Gasteiger partial charge in [0, 0.05) is 38.3 Å². The minimum Gasteiger partial charge on any atom is -0.340 e. The van der Waals surface area contributed by atoms with Crippen LogP contribution in [0.1, 0.15) is 12.0 Å². The molecule has 0 aliphatic carbocycles. The highest BCUT2D eigenvalue weighted by molar-refractivity contribution is 5.95. The summed E-state index contributed by atoms with van der Waals surface area (Å²) in [5.41, 5.74) is 1.30. The number of alkyl halides is 2. The number of carbonyl (C=O) groups excluding carboxylic acids is 2. The second kappa shape index (κ2) is 7.67. The first kappa shape index (κ1) is 18.7. The summed E-state index contributed by atoms with van der Waals surface area (Å²) < 4.78 is 26.4. The van der Waals surface area contributed by atoms with Crippen molar-refractivity contribution in [1.29, 1.82) is 0 Å². The topological polar surface area (TPSA) is 64.7 Å². The first-order chi connectivity index (χ1) is 12.3. The SMILES string of the molecule is CN1CCN(C(=O)Cc2cccc(NC(=O)C3CC(F)(F)CN3)c2)CC1. The van der Waals surface area contributed by atoms with E-state index in [0.717, 1.165) is 18.7 Å². The van der Waals surface area contributed by atoms with Gasteiger partial charge in [-0.2, -0.15) is 0 Å². The standard InChI is InChI=1S/C18H24F2N4O2/c1-23-5-7-24(8-6-23)16(25)10-13-3-2-4-14(9-13)22-17(26)15-11-18(19,20)12-21-15/h2-4,9,15,21H,5-8,10-12H2,1H3,(H,22,26). The second-order valence-electron chi connectivity index (χ2n) is 7.04. The van der Waals surface area contributed by atoms with Crippen LogP contribution in [-0.2, 0) is 16.0 Å². The molecule has 2 fully saturated rings. The number of hydrogen-bond donors (Lipinski definition) is 2. The summed E-state index contributed by atoms with van der Waals surface area (Å²) in [6.45, 7) is 2.67. The van der Waals surface area contributed by atoms with E-state index < -0.39 is 30.8 Å². The lowest BCUT2D eigenvalue weighted by Crippen LogP contribution is -2.47. The van der Waals surface area contributed by atoms with Gasteiger partial charge in [-0.05, 0) is 24.7 Å². The fourth-order valence-corrected chi connectivity index (χ4v) is 3.23. The molecular formula is C18H24F2N4O2. The summed E-state index contributed by atoms with van der Waals surface area (Å²) in [6, 6.07) is 6.08. The lowest BCUT2D eigenvalue weighted by molar-refractivity contribution is -0.132. The number of rotatable bonds is 4. The fourth-order valence-electron chi connectivity index (χ4n) is 3.23. The predicted octanol–water partition coefficient (Wildman–Crippen LogP) is 0.939. The van der Waals surface area contributed by atoms with Gasteiger partial charge in [-0.3, -0.25) is 14.9 Å². The largest absolute Gasteiger partial charge is 0.340 e. The molecule has 8 heteroatoms. The van der Waals surface area contributed by atoms with Crippen molar-refractivity contribution >= 4 is 17.5 Å². The van der Waals surface area contributed by atoms with Gasteiger partial charge in [0.1, 0.15) is 0 Å². The molecule has 1 atom stereocenters. The Morgan fingerprint density at radius 3 is 2.65 bits per heavy atom. The van der Waals surface area contributed by atoms with Crippen LogP contribution in [0.25, 0.3) is 0 Å². The van der Waals surface area contributed by atoms with Gasteiger partial charge in [0.15, 0.2) is 0 Å². The van der Waals surface area contributed by atoms with Gasteiger partial charge in [-0.25, -0.2) is 8.78 Å². The van der Waals surface area contributed by atoms with Crippen LogP contribution in [0.15, 0.2) is 24.3 Å². The second-order valence-corrected chi connectivity index (χ2v) is 7.04. The van der Waals surface area contributed by atoms with Crippen molar-refractivity contribution in [3.05, 3.63) is 29.8 Å². The third kappa shape index (κ3) is 4.76. The van der Waals surface area contributed by atoms with Crippen LogP contribution in [0, 0.1) is 0 Å². The van der Waals surface area contributed by atoms with Crippen LogP contribution in [0.5, 0.6) is 0 Å². The number of nitrogens with one attached hydrogen (secondary N) is 2. The van der Waals surface area contributed by atoms with Gasteiger partial charge in [0.2, 0.25) is 11.8 Å². The van der Waals surface area contributed by atoms with E-state index in [1.165, 1.54) is 0 Å². The molecule has 0 radical (unpaired) electrons. The van der Waals surface area contributed by atoms with E-state index in [9.17, 15) is 18.4 Å². The molecule has 3 rings (SSSR count). The molecule has 2 N–H and O–H groups in total. The van der Waals surface area contributed by atoms with Crippen molar-refractivity contribution < 1.29 is 18.4 Å². The van der Waals surface area contributed by atoms with Gasteiger partial charge in [0.25, 0.3) is 5.92 Å². The molecule has 0 aromatic heterocycles. The molecule has 142 valence electrons. The molecule has 0 bridgehead atoms. The Bertz CT molecular complexity index is 675. The quantitative estimate of drug-likeness (QED) is 0.833. The van der Waals surface area contributed by atoms with Crippen molar-refractivity contribution in [3.8, 4) is 0 Å². The number of likely N-dealkylation sites (N-methyl/N-ethyl adjacent to an activating group) is 1. The number of halogens is 2. The van der Waals surface area contributed by atoms with E-state index in [4.69, 9.17) is 0 Å². The molecule has 2 saturated heterocycles. The summed E-state index contributed by atoms with van der Waals surface area (Å²) >= 11 is 0. The van der Waals surface area contributed by atoms with Gasteiger partial charge in [0.05, 0.1) is 19.0 Å². The Morgan fingerprint density at radius 2 is 2.00 bits per heavy atom. The number of benzene rings is 1. The third-order valence-electron chi connectivity index (χ3n) is 4.83. The summed E-state index contributed by atoms with van der Waals surface area (Å²) in [7, 11) is 2.03. The monoisotopic (exact) mass is 366 g/mol. The number of carbonyl (C=O) groups is 2. The smallest absolute Gasteiger partial charge is 0.262 e. The van der Waals surface area contributed by atoms with Gasteiger partial charge in [-0.15, -0.1) is 0 Å². The summed E-state index contributed by atoms with van der Waals surface area (Å²) in [5, 5.41) is 5.19. The molecule has 1 aromatic rings. The van der Waals surface area contributed by atoms with E-state index in [2.05, 4.69) is 15.5 Å². The van der Waals surface area contributed by atoms with Gasteiger partial charge >= 0.3 is 0 Å². The van der Waals surface area contributed by atoms with Crippen molar-refractivity contribution in [2.45, 2.75) is 24.8 Å². The van der Waals surface area contributed by atoms with E-state index in [-0.39, 0.29) is 12.3 Å². The Morgan fingerprint density at radius 1 is 1.27 bits per heavy atom. The van der Waals surface area contributed by atoms with Crippen LogP contribution in [0.2, 0.25) is 0 Å². The number of anilines is 1. The lowest BCUT2D eigenvalue weighted by atomic mass is 10.1. The highest BCUT2D eigenvalue weighted by atomic mass is 19.3. The molecule has 2 heterocycles. The van der Waals surface area contributed by atoms with E-state index in [0.29, 0.717) is 18.8 Å². The lowest BCUT2D eigenvalue weighted by Gasteiger charge is -2.32. The minimum absolute atomic E-state index is 0.0543. The maximum Gasteiger partial charge on any atom is 0.262 e. The van der Waals surface area contributed by atoms with Crippen LogP contribution >= 0.6 is 0 Å². The normalized spacial score (nSPS) is 23.0. The zero-order valence-electron chi connectivity index (χ0n) is 14.8. The molecule has 2 amide bonds. The molecule has 2 aliphatic rings. The Hall–Kier alpha value is -2.06. The first-order valence-electron chi connectivity index (χ1n) is 8.80. The molecule has 0 spiro atoms. The van der Waals surface area contributed by atoms with Crippen LogP contribution in [0.4, 0.5) is 14.5 Å². The van der Waals surface area contributed by atoms with Gasteiger partial charge < -0.3 is 15.1 Å². The zero-order valence-corrected chi connectivity index (χ0v) is 14.8. The summed E-state index contributed by atoms with van der Waals surface area (Å²) in [5.74, 6) is -3.28. The molecule has 1 unspecified atom stereocenters. The number of amides is 2. The Labute approximate surface area is 151 Å². The van der Waals surface area contributed by atoms with Crippen molar-refractivity contribution in [1.82, 2.24) is 15.1 Å². The van der Waals surface area contributed by atoms with Gasteiger partial charge in [-0.1, -0.05) is 12.1 Å². The van der Waals surface area contributed by atoms with Crippen molar-refractivity contribution in [2.24, 2.45) is 0 Å². The zero-order chi connectivity index (χ0) is 18.7. The first-order valence-corrected chi connectivity index (χ1v) is 8.80. The van der Waals surface area contributed by atoms with Crippen molar-refractivity contribution in [3.63, 3.8) is 0 Å². The maximum atomic E-state index is 13.2. The highest BCUT2D eigenvalue weighted by Gasteiger charge is 2.42. The molecular weight excluding hydrogens is 342 g/mol. The van der Waals surface area contributed by atoms with Crippen LogP contribution in [-0.4, -0.2) is 73.4 Å². The molecule has 6 nitrogen and oxygen atoms in total. The molecule has 26 heavy (non-hydrogen) atoms. The average molecular weight is 366 g/mol. The van der Waals surface area contributed by atoms with Crippen LogP contribution in [0.3, 0.4) is 0 Å². The van der Waals surface area contributed by atoms with E-state index >= 15 is 0 Å². The Kier molecular flexibility index (Phi) is 5.52. The number of piperazine rings is 1. The van der Waals surface area contributed by atoms with E-state index in [1.54, 1.807) is 18.2 Å². The molecule has 0 saturated carbocycles. The molecule has 1 aromatic carbocycles. The summed E-state index contributed by atoms with van der Waals surface area (Å²) in [6.07, 6.45) is -0.242. The third-order valence-corrected chi connectivity index (χ3v) is 4.83. The average Bonchev–Trinajstić information content (AvgIpc) is 2.96. The van der Waals surface area contributed by atoms with Crippen LogP contribution < -0.4 is 10.6 Å². The number of nitrogens with zero attached hydrogens (tertiary/aromatic N) is 2. The van der Waals surface area contributed by atoms with E-state index in [1.807, 2.05) is 18.0 Å². The number of hydrogen-bond acceptors (Lipinski definition) is 4.